The minimum Gasteiger partial charge on any atom is -0.353 e. The minimum absolute atomic E-state index is 0.0804. The van der Waals surface area contributed by atoms with Crippen molar-refractivity contribution in [3.63, 3.8) is 0 Å². The number of rotatable bonds is 5. The van der Waals surface area contributed by atoms with Gasteiger partial charge >= 0.3 is 0 Å². The highest BCUT2D eigenvalue weighted by Crippen LogP contribution is 2.33. The number of para-hydroxylation sites is 2. The van der Waals surface area contributed by atoms with E-state index in [4.69, 9.17) is 23.2 Å². The third kappa shape index (κ3) is 4.82. The maximum atomic E-state index is 12.6. The van der Waals surface area contributed by atoms with Crippen molar-refractivity contribution in [2.45, 2.75) is 20.3 Å². The molecule has 0 saturated carbocycles. The van der Waals surface area contributed by atoms with Gasteiger partial charge in [0.25, 0.3) is 0 Å². The number of halogens is 2. The molecule has 0 spiro atoms. The minimum atomic E-state index is -0.0804. The van der Waals surface area contributed by atoms with E-state index >= 15 is 0 Å². The molecule has 3 aromatic rings. The molecular weight excluding hydrogens is 379 g/mol. The third-order valence-corrected chi connectivity index (χ3v) is 4.89. The van der Waals surface area contributed by atoms with Crippen molar-refractivity contribution in [1.82, 2.24) is 0 Å². The predicted molar refractivity (Wildman–Crippen MR) is 114 cm³/mol. The van der Waals surface area contributed by atoms with E-state index in [1.54, 1.807) is 18.2 Å². The van der Waals surface area contributed by atoms with Crippen LogP contribution in [0.3, 0.4) is 0 Å². The number of nitrogens with one attached hydrogen (secondary N) is 2. The van der Waals surface area contributed by atoms with E-state index in [9.17, 15) is 4.79 Å². The zero-order chi connectivity index (χ0) is 19.4. The predicted octanol–water partition coefficient (Wildman–Crippen LogP) is 6.54. The van der Waals surface area contributed by atoms with E-state index in [0.717, 1.165) is 28.1 Å². The monoisotopic (exact) mass is 398 g/mol. The molecular formula is C22H20Cl2N2O. The molecule has 0 aliphatic carbocycles. The van der Waals surface area contributed by atoms with Gasteiger partial charge in [-0.1, -0.05) is 59.6 Å². The number of aryl methyl sites for hydroxylation is 2. The van der Waals surface area contributed by atoms with Crippen LogP contribution in [-0.2, 0) is 11.2 Å². The van der Waals surface area contributed by atoms with Gasteiger partial charge in [-0.15, -0.1) is 0 Å². The van der Waals surface area contributed by atoms with Gasteiger partial charge in [0, 0.05) is 11.4 Å². The van der Waals surface area contributed by atoms with Crippen LogP contribution < -0.4 is 10.6 Å². The lowest BCUT2D eigenvalue weighted by Crippen LogP contribution is -2.16. The molecule has 0 unspecified atom stereocenters. The van der Waals surface area contributed by atoms with Crippen molar-refractivity contribution in [2.75, 3.05) is 10.6 Å². The highest BCUT2D eigenvalue weighted by Gasteiger charge is 2.12. The maximum Gasteiger partial charge on any atom is 0.228 e. The summed E-state index contributed by atoms with van der Waals surface area (Å²) in [5.74, 6) is -0.0804. The van der Waals surface area contributed by atoms with E-state index in [0.29, 0.717) is 15.7 Å². The van der Waals surface area contributed by atoms with Gasteiger partial charge in [0.1, 0.15) is 0 Å². The summed E-state index contributed by atoms with van der Waals surface area (Å²) in [6.07, 6.45) is 0.235. The van der Waals surface area contributed by atoms with Crippen LogP contribution in [0.4, 0.5) is 17.1 Å². The van der Waals surface area contributed by atoms with Crippen LogP contribution in [0.2, 0.25) is 10.0 Å². The molecule has 0 fully saturated rings. The summed E-state index contributed by atoms with van der Waals surface area (Å²) < 4.78 is 0. The lowest BCUT2D eigenvalue weighted by molar-refractivity contribution is -0.115. The molecule has 3 rings (SSSR count). The molecule has 3 nitrogen and oxygen atoms in total. The SMILES string of the molecule is Cc1ccc(C)c(NC(=O)Cc2ccccc2Nc2c(Cl)cccc2Cl)c1. The summed E-state index contributed by atoms with van der Waals surface area (Å²) in [6.45, 7) is 3.98. The number of anilines is 3. The summed E-state index contributed by atoms with van der Waals surface area (Å²) >= 11 is 12.5. The zero-order valence-corrected chi connectivity index (χ0v) is 16.7. The highest BCUT2D eigenvalue weighted by atomic mass is 35.5. The Hall–Kier alpha value is -2.49. The Labute approximate surface area is 169 Å². The van der Waals surface area contributed by atoms with Crippen LogP contribution in [0.1, 0.15) is 16.7 Å². The van der Waals surface area contributed by atoms with Crippen LogP contribution in [0.15, 0.2) is 60.7 Å². The van der Waals surface area contributed by atoms with E-state index < -0.39 is 0 Å². The molecule has 5 heteroatoms. The van der Waals surface area contributed by atoms with E-state index in [1.807, 2.05) is 56.3 Å². The summed E-state index contributed by atoms with van der Waals surface area (Å²) in [7, 11) is 0. The van der Waals surface area contributed by atoms with Gasteiger partial charge in [-0.25, -0.2) is 0 Å². The largest absolute Gasteiger partial charge is 0.353 e. The number of carbonyl (C=O) groups excluding carboxylic acids is 1. The molecule has 2 N–H and O–H groups in total. The molecule has 0 heterocycles. The van der Waals surface area contributed by atoms with Crippen molar-refractivity contribution < 1.29 is 4.79 Å². The number of hydrogen-bond acceptors (Lipinski definition) is 2. The van der Waals surface area contributed by atoms with Crippen LogP contribution in [0.5, 0.6) is 0 Å². The molecule has 138 valence electrons. The van der Waals surface area contributed by atoms with Gasteiger partial charge < -0.3 is 10.6 Å². The molecule has 0 atom stereocenters. The smallest absolute Gasteiger partial charge is 0.228 e. The number of carbonyl (C=O) groups is 1. The van der Waals surface area contributed by atoms with Gasteiger partial charge in [0.05, 0.1) is 22.2 Å². The Bertz CT molecular complexity index is 966. The second-order valence-electron chi connectivity index (χ2n) is 6.42. The quantitative estimate of drug-likeness (QED) is 0.512. The lowest BCUT2D eigenvalue weighted by atomic mass is 10.1. The summed E-state index contributed by atoms with van der Waals surface area (Å²) in [6, 6.07) is 18.9. The lowest BCUT2D eigenvalue weighted by Gasteiger charge is -2.15. The average Bonchev–Trinajstić information content (AvgIpc) is 2.63. The number of benzene rings is 3. The highest BCUT2D eigenvalue weighted by molar-refractivity contribution is 6.39. The fourth-order valence-corrected chi connectivity index (χ4v) is 3.28. The fourth-order valence-electron chi connectivity index (χ4n) is 2.79. The molecule has 27 heavy (non-hydrogen) atoms. The molecule has 0 bridgehead atoms. The second kappa shape index (κ2) is 8.47. The standard InChI is InChI=1S/C22H20Cl2N2O/c1-14-10-11-15(2)20(12-14)25-21(27)13-16-6-3-4-9-19(16)26-22-17(23)7-5-8-18(22)24/h3-12,26H,13H2,1-2H3,(H,25,27). The zero-order valence-electron chi connectivity index (χ0n) is 15.1. The third-order valence-electron chi connectivity index (χ3n) is 4.26. The van der Waals surface area contributed by atoms with Crippen LogP contribution in [0, 0.1) is 13.8 Å². The van der Waals surface area contributed by atoms with Crippen LogP contribution in [-0.4, -0.2) is 5.91 Å². The molecule has 0 aliphatic rings. The number of amides is 1. The second-order valence-corrected chi connectivity index (χ2v) is 7.24. The van der Waals surface area contributed by atoms with Crippen molar-refractivity contribution >= 4 is 46.2 Å². The Morgan fingerprint density at radius 1 is 0.889 bits per heavy atom. The maximum absolute atomic E-state index is 12.6. The first-order valence-corrected chi connectivity index (χ1v) is 9.35. The molecule has 0 radical (unpaired) electrons. The molecule has 0 aromatic heterocycles. The molecule has 0 saturated heterocycles. The Balaban J connectivity index is 1.80. The Morgan fingerprint density at radius 3 is 2.33 bits per heavy atom. The normalized spacial score (nSPS) is 10.5. The van der Waals surface area contributed by atoms with Crippen molar-refractivity contribution in [1.29, 1.82) is 0 Å². The Kier molecular flexibility index (Phi) is 6.04. The van der Waals surface area contributed by atoms with Gasteiger partial charge in [-0.2, -0.15) is 0 Å². The van der Waals surface area contributed by atoms with Gasteiger partial charge in [0.15, 0.2) is 0 Å². The summed E-state index contributed by atoms with van der Waals surface area (Å²) in [4.78, 5) is 12.6. The van der Waals surface area contributed by atoms with Crippen molar-refractivity contribution in [3.05, 3.63) is 87.4 Å². The molecule has 3 aromatic carbocycles. The van der Waals surface area contributed by atoms with Gasteiger partial charge in [0.2, 0.25) is 5.91 Å². The summed E-state index contributed by atoms with van der Waals surface area (Å²) in [5, 5.41) is 7.30. The Morgan fingerprint density at radius 2 is 1.59 bits per heavy atom. The fraction of sp³-hybridized carbons (Fsp3) is 0.136. The molecule has 0 aliphatic heterocycles. The topological polar surface area (TPSA) is 41.1 Å². The molecule has 1 amide bonds. The van der Waals surface area contributed by atoms with Crippen molar-refractivity contribution in [3.8, 4) is 0 Å². The van der Waals surface area contributed by atoms with Gasteiger partial charge in [-0.05, 0) is 54.8 Å². The number of hydrogen-bond donors (Lipinski definition) is 2. The first-order valence-electron chi connectivity index (χ1n) is 8.60. The van der Waals surface area contributed by atoms with Crippen LogP contribution in [0.25, 0.3) is 0 Å². The van der Waals surface area contributed by atoms with Crippen molar-refractivity contribution in [2.24, 2.45) is 0 Å². The van der Waals surface area contributed by atoms with Gasteiger partial charge in [-0.3, -0.25) is 4.79 Å². The van der Waals surface area contributed by atoms with E-state index in [2.05, 4.69) is 10.6 Å². The van der Waals surface area contributed by atoms with E-state index in [1.165, 1.54) is 0 Å². The average molecular weight is 399 g/mol. The first-order chi connectivity index (χ1) is 12.9. The first kappa shape index (κ1) is 19.3. The van der Waals surface area contributed by atoms with E-state index in [-0.39, 0.29) is 12.3 Å². The summed E-state index contributed by atoms with van der Waals surface area (Å²) in [5.41, 5.74) is 5.25. The van der Waals surface area contributed by atoms with Crippen LogP contribution >= 0.6 is 23.2 Å².